The molecule has 0 aliphatic heterocycles. The van der Waals surface area contributed by atoms with E-state index in [0.717, 1.165) is 34.9 Å². The number of nitrogens with zero attached hydrogens (tertiary/aromatic N) is 2. The predicted octanol–water partition coefficient (Wildman–Crippen LogP) is 4.62. The van der Waals surface area contributed by atoms with Crippen molar-refractivity contribution in [2.45, 2.75) is 23.7 Å². The second kappa shape index (κ2) is 9.34. The first-order valence-corrected chi connectivity index (χ1v) is 8.99. The van der Waals surface area contributed by atoms with Gasteiger partial charge in [0.1, 0.15) is 0 Å². The molecule has 0 saturated carbocycles. The third kappa shape index (κ3) is 4.86. The van der Waals surface area contributed by atoms with Gasteiger partial charge in [-0.25, -0.2) is 0 Å². The highest BCUT2D eigenvalue weighted by molar-refractivity contribution is 5.99. The molecule has 2 N–H and O–H groups in total. The molecule has 0 atom stereocenters. The molecule has 0 unspecified atom stereocenters. The highest BCUT2D eigenvalue weighted by Crippen LogP contribution is 2.53. The molecule has 0 spiro atoms. The van der Waals surface area contributed by atoms with E-state index < -0.39 is 68.1 Å². The first-order chi connectivity index (χ1) is 16.4. The van der Waals surface area contributed by atoms with Gasteiger partial charge in [-0.05, 0) is 12.1 Å². The lowest BCUT2D eigenvalue weighted by atomic mass is 9.97. The quantitative estimate of drug-likeness (QED) is 0.275. The summed E-state index contributed by atoms with van der Waals surface area (Å²) in [5.41, 5.74) is -3.55. The topological polar surface area (TPSA) is 144 Å². The van der Waals surface area contributed by atoms with Gasteiger partial charge in [0.25, 0.3) is 11.4 Å². The summed E-state index contributed by atoms with van der Waals surface area (Å²) in [5, 5.41) is 23.3. The number of amides is 2. The molecule has 2 aromatic carbocycles. The van der Waals surface area contributed by atoms with Crippen LogP contribution >= 0.6 is 0 Å². The summed E-state index contributed by atoms with van der Waals surface area (Å²) in [6, 6.07) is 5.26. The maximum atomic E-state index is 14.1. The van der Waals surface area contributed by atoms with Crippen LogP contribution in [0.2, 0.25) is 0 Å². The van der Waals surface area contributed by atoms with Crippen LogP contribution in [0, 0.1) is 20.2 Å². The highest BCUT2D eigenvalue weighted by atomic mass is 19.4. The second-order valence-electron chi connectivity index (χ2n) is 6.82. The highest BCUT2D eigenvalue weighted by Gasteiger charge is 2.84. The Labute approximate surface area is 193 Å². The van der Waals surface area contributed by atoms with Gasteiger partial charge in [-0.3, -0.25) is 29.8 Å². The van der Waals surface area contributed by atoms with Gasteiger partial charge < -0.3 is 10.6 Å². The Kier molecular flexibility index (Phi) is 7.23. The number of nitro groups is 2. The van der Waals surface area contributed by atoms with E-state index >= 15 is 0 Å². The number of alkyl halides is 8. The van der Waals surface area contributed by atoms with Crippen molar-refractivity contribution in [2.24, 2.45) is 0 Å². The maximum Gasteiger partial charge on any atom is 0.393 e. The Hall–Kier alpha value is -4.38. The molecule has 18 heteroatoms. The molecule has 194 valence electrons. The van der Waals surface area contributed by atoms with Gasteiger partial charge in [0.05, 0.1) is 9.85 Å². The Balaban J connectivity index is 2.34. The van der Waals surface area contributed by atoms with Gasteiger partial charge in [0, 0.05) is 35.6 Å². The summed E-state index contributed by atoms with van der Waals surface area (Å²) in [6.45, 7) is 0. The van der Waals surface area contributed by atoms with E-state index in [9.17, 15) is 64.9 Å². The number of anilines is 2. The predicted molar refractivity (Wildman–Crippen MR) is 103 cm³/mol. The van der Waals surface area contributed by atoms with E-state index in [4.69, 9.17) is 0 Å². The Bertz CT molecular complexity index is 1130. The van der Waals surface area contributed by atoms with Gasteiger partial charge in [-0.1, -0.05) is 12.1 Å². The van der Waals surface area contributed by atoms with Crippen molar-refractivity contribution in [3.8, 4) is 0 Å². The number of nitrogens with one attached hydrogen (secondary N) is 2. The molecule has 0 aliphatic carbocycles. The number of nitro benzene ring substituents is 2. The molecular formula is C18H10F8N4O6. The normalized spacial score (nSPS) is 12.6. The lowest BCUT2D eigenvalue weighted by molar-refractivity contribution is -0.385. The summed E-state index contributed by atoms with van der Waals surface area (Å²) in [5.74, 6) is -34.1. The molecule has 0 fully saturated rings. The molecule has 36 heavy (non-hydrogen) atoms. The van der Waals surface area contributed by atoms with Gasteiger partial charge in [-0.15, -0.1) is 0 Å². The maximum absolute atomic E-state index is 14.1. The molecule has 0 radical (unpaired) electrons. The van der Waals surface area contributed by atoms with Crippen LogP contribution in [0.4, 0.5) is 57.9 Å². The Morgan fingerprint density at radius 1 is 0.639 bits per heavy atom. The zero-order valence-corrected chi connectivity index (χ0v) is 17.0. The fraction of sp³-hybridized carbons (Fsp3) is 0.222. The summed E-state index contributed by atoms with van der Waals surface area (Å²) in [4.78, 5) is 42.4. The van der Waals surface area contributed by atoms with E-state index in [2.05, 4.69) is 0 Å². The average molecular weight is 530 g/mol. The minimum Gasteiger partial charge on any atom is -0.320 e. The Morgan fingerprint density at radius 3 is 1.22 bits per heavy atom. The average Bonchev–Trinajstić information content (AvgIpc) is 2.78. The molecule has 0 heterocycles. The minimum atomic E-state index is -7.20. The van der Waals surface area contributed by atoms with Gasteiger partial charge in [-0.2, -0.15) is 35.1 Å². The van der Waals surface area contributed by atoms with Crippen molar-refractivity contribution in [3.05, 3.63) is 68.8 Å². The standard InChI is InChI=1S/C18H10F8N4O6/c19-15(20,13(31)27-9-3-1-5-11(7-9)29(33)34)17(23,24)18(25,26)16(21,22)14(32)28-10-4-2-6-12(8-10)30(35)36/h1-8H,(H,27,31)(H,28,32). The fourth-order valence-electron chi connectivity index (χ4n) is 2.49. The van der Waals surface area contributed by atoms with E-state index in [0.29, 0.717) is 24.3 Å². The Morgan fingerprint density at radius 2 is 0.944 bits per heavy atom. The third-order valence-corrected chi connectivity index (χ3v) is 4.38. The number of hydrogen-bond acceptors (Lipinski definition) is 6. The number of benzene rings is 2. The third-order valence-electron chi connectivity index (χ3n) is 4.38. The molecule has 2 aromatic rings. The number of hydrogen-bond donors (Lipinski definition) is 2. The van der Waals surface area contributed by atoms with Crippen molar-refractivity contribution >= 4 is 34.6 Å². The molecule has 0 bridgehead atoms. The van der Waals surface area contributed by atoms with Crippen molar-refractivity contribution in [2.75, 3.05) is 10.6 Å². The number of halogens is 8. The molecule has 2 rings (SSSR count). The van der Waals surface area contributed by atoms with Crippen LogP contribution in [0.1, 0.15) is 0 Å². The van der Waals surface area contributed by atoms with Crippen LogP contribution in [0.15, 0.2) is 48.5 Å². The molecule has 10 nitrogen and oxygen atoms in total. The van der Waals surface area contributed by atoms with Gasteiger partial charge >= 0.3 is 35.5 Å². The summed E-state index contributed by atoms with van der Waals surface area (Å²) >= 11 is 0. The largest absolute Gasteiger partial charge is 0.393 e. The molecular weight excluding hydrogens is 520 g/mol. The molecule has 2 amide bonds. The summed E-state index contributed by atoms with van der Waals surface area (Å²) < 4.78 is 113. The SMILES string of the molecule is O=C(Nc1cccc([N+](=O)[O-])c1)C(F)(F)C(F)(F)C(F)(F)C(F)(F)C(=O)Nc1cccc([N+](=O)[O-])c1. The van der Waals surface area contributed by atoms with Crippen LogP contribution in [-0.4, -0.2) is 45.4 Å². The molecule has 0 saturated heterocycles. The summed E-state index contributed by atoms with van der Waals surface area (Å²) in [6.07, 6.45) is 0. The fourth-order valence-corrected chi connectivity index (χ4v) is 2.49. The van der Waals surface area contributed by atoms with Crippen LogP contribution in [0.3, 0.4) is 0 Å². The summed E-state index contributed by atoms with van der Waals surface area (Å²) in [7, 11) is 0. The zero-order valence-electron chi connectivity index (χ0n) is 17.0. The van der Waals surface area contributed by atoms with Crippen molar-refractivity contribution in [3.63, 3.8) is 0 Å². The molecule has 0 aromatic heterocycles. The lowest BCUT2D eigenvalue weighted by Gasteiger charge is -2.35. The lowest BCUT2D eigenvalue weighted by Crippen LogP contribution is -2.67. The number of rotatable bonds is 9. The number of non-ortho nitro benzene ring substituents is 2. The zero-order chi connectivity index (χ0) is 27.7. The smallest absolute Gasteiger partial charge is 0.320 e. The van der Waals surface area contributed by atoms with Gasteiger partial charge in [0.2, 0.25) is 0 Å². The first kappa shape index (κ1) is 27.9. The van der Waals surface area contributed by atoms with E-state index in [1.165, 1.54) is 0 Å². The van der Waals surface area contributed by atoms with Gasteiger partial charge in [0.15, 0.2) is 0 Å². The number of carbonyl (C=O) groups is 2. The van der Waals surface area contributed by atoms with Crippen LogP contribution in [0.5, 0.6) is 0 Å². The van der Waals surface area contributed by atoms with Crippen molar-refractivity contribution in [1.82, 2.24) is 0 Å². The van der Waals surface area contributed by atoms with E-state index in [1.807, 2.05) is 0 Å². The van der Waals surface area contributed by atoms with E-state index in [1.54, 1.807) is 0 Å². The minimum absolute atomic E-state index is 0.380. The monoisotopic (exact) mass is 530 g/mol. The number of carbonyl (C=O) groups excluding carboxylic acids is 2. The van der Waals surface area contributed by atoms with Crippen LogP contribution < -0.4 is 10.6 Å². The van der Waals surface area contributed by atoms with Crippen molar-refractivity contribution in [1.29, 1.82) is 0 Å². The van der Waals surface area contributed by atoms with Crippen LogP contribution in [-0.2, 0) is 9.59 Å². The first-order valence-electron chi connectivity index (χ1n) is 8.99. The van der Waals surface area contributed by atoms with Crippen molar-refractivity contribution < 1.29 is 54.6 Å². The van der Waals surface area contributed by atoms with Crippen LogP contribution in [0.25, 0.3) is 0 Å². The second-order valence-corrected chi connectivity index (χ2v) is 6.82. The molecule has 0 aliphatic rings. The van der Waals surface area contributed by atoms with E-state index in [-0.39, 0.29) is 0 Å².